The molecule has 0 heterocycles. The molecule has 0 saturated carbocycles. The van der Waals surface area contributed by atoms with E-state index in [1.165, 1.54) is 5.56 Å². The van der Waals surface area contributed by atoms with Gasteiger partial charge in [0, 0.05) is 6.54 Å². The first kappa shape index (κ1) is 8.93. The lowest BCUT2D eigenvalue weighted by Crippen LogP contribution is -2.03. The van der Waals surface area contributed by atoms with Gasteiger partial charge in [0.25, 0.3) is 0 Å². The van der Waals surface area contributed by atoms with Crippen molar-refractivity contribution in [1.82, 2.24) is 3.34 Å². The fourth-order valence-corrected chi connectivity index (χ4v) is 1.10. The van der Waals surface area contributed by atoms with Crippen LogP contribution in [0.15, 0.2) is 30.3 Å². The molecule has 1 aromatic rings. The van der Waals surface area contributed by atoms with Crippen molar-refractivity contribution >= 4 is 22.9 Å². The molecule has 0 spiro atoms. The highest BCUT2D eigenvalue weighted by Crippen LogP contribution is 2.04. The van der Waals surface area contributed by atoms with Crippen LogP contribution < -0.4 is 0 Å². The summed E-state index contributed by atoms with van der Waals surface area (Å²) in [5, 5.41) is 0. The van der Waals surface area contributed by atoms with Crippen LogP contribution in [0.5, 0.6) is 0 Å². The lowest BCUT2D eigenvalue weighted by atomic mass is 10.2. The third kappa shape index (κ3) is 3.67. The second-order valence-corrected chi connectivity index (χ2v) is 3.31. The van der Waals surface area contributed by atoms with Crippen LogP contribution in [0, 0.1) is 0 Å². The maximum absolute atomic E-state index is 12.2. The Morgan fingerprint density at radius 2 is 1.91 bits per heavy atom. The van der Waals surface area contributed by atoms with Crippen LogP contribution in [0.25, 0.3) is 0 Å². The molecule has 0 N–H and O–H groups in total. The van der Waals surface area contributed by atoms with E-state index >= 15 is 0 Å². The van der Waals surface area contributed by atoms with Gasteiger partial charge in [-0.05, 0) is 12.0 Å². The number of nitrogens with zero attached hydrogens (tertiary/aromatic N) is 1. The highest BCUT2D eigenvalue weighted by atomic mass is 127. The summed E-state index contributed by atoms with van der Waals surface area (Å²) < 4.78 is 12.9. The molecule has 0 aliphatic rings. The molecule has 0 aliphatic heterocycles. The van der Waals surface area contributed by atoms with E-state index in [4.69, 9.17) is 0 Å². The summed E-state index contributed by atoms with van der Waals surface area (Å²) in [6.07, 6.45) is 0.764. The van der Waals surface area contributed by atoms with E-state index in [9.17, 15) is 4.48 Å². The van der Waals surface area contributed by atoms with Crippen molar-refractivity contribution < 1.29 is 4.48 Å². The molecule has 0 aromatic heterocycles. The minimum absolute atomic E-state index is 0.449. The van der Waals surface area contributed by atoms with Crippen LogP contribution in [-0.4, -0.2) is 9.88 Å². The van der Waals surface area contributed by atoms with Crippen LogP contribution >= 0.6 is 22.9 Å². The fraction of sp³-hybridized carbons (Fsp3) is 0.250. The van der Waals surface area contributed by atoms with Gasteiger partial charge in [0.1, 0.15) is 0 Å². The van der Waals surface area contributed by atoms with Crippen LogP contribution in [0.4, 0.5) is 4.48 Å². The molecule has 0 radical (unpaired) electrons. The summed E-state index contributed by atoms with van der Waals surface area (Å²) in [7, 11) is 0. The van der Waals surface area contributed by atoms with Gasteiger partial charge < -0.3 is 0 Å². The third-order valence-electron chi connectivity index (χ3n) is 1.41. The lowest BCUT2D eigenvalue weighted by molar-refractivity contribution is 0.190. The standard InChI is InChI=1S/C8H9FIN/c9-11(10)7-6-8-4-2-1-3-5-8/h1-5H,6-7H2. The monoisotopic (exact) mass is 265 g/mol. The van der Waals surface area contributed by atoms with Gasteiger partial charge in [-0.15, -0.1) is 4.48 Å². The molecule has 1 aromatic carbocycles. The Kier molecular flexibility index (Phi) is 3.79. The Balaban J connectivity index is 2.39. The SMILES string of the molecule is FN(I)CCc1ccccc1. The molecule has 3 heteroatoms. The molecule has 0 unspecified atom stereocenters. The number of hydrogen-bond donors (Lipinski definition) is 0. The zero-order chi connectivity index (χ0) is 8.10. The number of halogens is 2. The zero-order valence-corrected chi connectivity index (χ0v) is 8.16. The van der Waals surface area contributed by atoms with Crippen LogP contribution in [0.3, 0.4) is 0 Å². The molecule has 0 fully saturated rings. The summed E-state index contributed by atoms with van der Waals surface area (Å²) >= 11 is 1.64. The Morgan fingerprint density at radius 1 is 1.27 bits per heavy atom. The molecular weight excluding hydrogens is 256 g/mol. The summed E-state index contributed by atoms with van der Waals surface area (Å²) in [6.45, 7) is 0.449. The molecule has 11 heavy (non-hydrogen) atoms. The molecule has 0 saturated heterocycles. The first-order chi connectivity index (χ1) is 5.29. The third-order valence-corrected chi connectivity index (χ3v) is 1.89. The second-order valence-electron chi connectivity index (χ2n) is 2.26. The van der Waals surface area contributed by atoms with E-state index in [1.54, 1.807) is 22.9 Å². The van der Waals surface area contributed by atoms with E-state index in [0.717, 1.165) is 6.42 Å². The van der Waals surface area contributed by atoms with Crippen molar-refractivity contribution in [3.05, 3.63) is 35.9 Å². The van der Waals surface area contributed by atoms with Gasteiger partial charge in [-0.2, -0.15) is 0 Å². The van der Waals surface area contributed by atoms with Gasteiger partial charge in [-0.25, -0.2) is 0 Å². The van der Waals surface area contributed by atoms with Crippen LogP contribution in [0.1, 0.15) is 5.56 Å². The van der Waals surface area contributed by atoms with Crippen LogP contribution in [0.2, 0.25) is 0 Å². The minimum Gasteiger partial charge on any atom is -0.124 e. The Morgan fingerprint density at radius 3 is 2.45 bits per heavy atom. The number of rotatable bonds is 3. The Hall–Kier alpha value is -0.160. The minimum atomic E-state index is 0.449. The van der Waals surface area contributed by atoms with Gasteiger partial charge in [-0.3, -0.25) is 0 Å². The van der Waals surface area contributed by atoms with Crippen molar-refractivity contribution in [2.45, 2.75) is 6.42 Å². The number of benzene rings is 1. The van der Waals surface area contributed by atoms with Gasteiger partial charge in [-0.1, -0.05) is 33.7 Å². The van der Waals surface area contributed by atoms with Crippen molar-refractivity contribution in [2.24, 2.45) is 0 Å². The van der Waals surface area contributed by atoms with Crippen molar-refractivity contribution in [3.63, 3.8) is 0 Å². The topological polar surface area (TPSA) is 3.24 Å². The smallest absolute Gasteiger partial charge is 0.0554 e. The molecule has 0 aliphatic carbocycles. The predicted octanol–water partition coefficient (Wildman–Crippen LogP) is 2.77. The second kappa shape index (κ2) is 4.66. The Labute approximate surface area is 79.6 Å². The summed E-state index contributed by atoms with van der Waals surface area (Å²) in [5.41, 5.74) is 1.17. The summed E-state index contributed by atoms with van der Waals surface area (Å²) in [6, 6.07) is 9.89. The number of hydrogen-bond acceptors (Lipinski definition) is 1. The highest BCUT2D eigenvalue weighted by Gasteiger charge is 1.96. The molecular formula is C8H9FIN. The lowest BCUT2D eigenvalue weighted by Gasteiger charge is -2.01. The van der Waals surface area contributed by atoms with E-state index in [-0.39, 0.29) is 0 Å². The summed E-state index contributed by atoms with van der Waals surface area (Å²) in [5.74, 6) is 0. The average molecular weight is 265 g/mol. The van der Waals surface area contributed by atoms with Gasteiger partial charge in [0.2, 0.25) is 0 Å². The summed E-state index contributed by atoms with van der Waals surface area (Å²) in [4.78, 5) is 0. The maximum atomic E-state index is 12.2. The van der Waals surface area contributed by atoms with Crippen molar-refractivity contribution in [1.29, 1.82) is 0 Å². The van der Waals surface area contributed by atoms with Crippen molar-refractivity contribution in [3.8, 4) is 0 Å². The quantitative estimate of drug-likeness (QED) is 0.600. The largest absolute Gasteiger partial charge is 0.124 e. The molecule has 0 bridgehead atoms. The molecule has 1 nitrogen and oxygen atoms in total. The van der Waals surface area contributed by atoms with E-state index in [0.29, 0.717) is 9.88 Å². The van der Waals surface area contributed by atoms with E-state index in [2.05, 4.69) is 0 Å². The predicted molar refractivity (Wildman–Crippen MR) is 52.0 cm³/mol. The average Bonchev–Trinajstić information content (AvgIpc) is 2.03. The van der Waals surface area contributed by atoms with E-state index < -0.39 is 0 Å². The highest BCUT2D eigenvalue weighted by molar-refractivity contribution is 14.1. The molecule has 0 amide bonds. The molecule has 0 atom stereocenters. The fourth-order valence-electron chi connectivity index (χ4n) is 0.858. The van der Waals surface area contributed by atoms with Crippen LogP contribution in [-0.2, 0) is 6.42 Å². The Bertz CT molecular complexity index is 201. The molecule has 60 valence electrons. The first-order valence-corrected chi connectivity index (χ1v) is 4.38. The van der Waals surface area contributed by atoms with E-state index in [1.807, 2.05) is 30.3 Å². The zero-order valence-electron chi connectivity index (χ0n) is 6.00. The maximum Gasteiger partial charge on any atom is 0.0554 e. The normalized spacial score (nSPS) is 10.5. The van der Waals surface area contributed by atoms with Gasteiger partial charge >= 0.3 is 0 Å². The van der Waals surface area contributed by atoms with Gasteiger partial charge in [0.05, 0.1) is 22.9 Å². The van der Waals surface area contributed by atoms with Crippen molar-refractivity contribution in [2.75, 3.05) is 6.54 Å². The first-order valence-electron chi connectivity index (χ1n) is 3.42. The molecule has 1 rings (SSSR count). The van der Waals surface area contributed by atoms with Gasteiger partial charge in [0.15, 0.2) is 0 Å².